The van der Waals surface area contributed by atoms with Gasteiger partial charge in [0.2, 0.25) is 0 Å². The maximum atomic E-state index is 12.2. The van der Waals surface area contributed by atoms with Crippen molar-refractivity contribution in [3.63, 3.8) is 0 Å². The van der Waals surface area contributed by atoms with E-state index in [0.717, 1.165) is 24.3 Å². The van der Waals surface area contributed by atoms with Crippen LogP contribution in [-0.4, -0.2) is 11.9 Å². The summed E-state index contributed by atoms with van der Waals surface area (Å²) in [6.07, 6.45) is 5.93. The van der Waals surface area contributed by atoms with Crippen molar-refractivity contribution in [1.82, 2.24) is 5.32 Å². The Morgan fingerprint density at radius 3 is 2.53 bits per heavy atom. The SMILES string of the molecule is CCC1CCC(NC(=O)c2cc(C)cc(N)c2)CC1. The topological polar surface area (TPSA) is 55.1 Å². The van der Waals surface area contributed by atoms with E-state index >= 15 is 0 Å². The molecule has 0 aliphatic heterocycles. The van der Waals surface area contributed by atoms with Crippen LogP contribution in [0.15, 0.2) is 18.2 Å². The molecule has 0 heterocycles. The lowest BCUT2D eigenvalue weighted by Gasteiger charge is -2.28. The molecule has 3 nitrogen and oxygen atoms in total. The Kier molecular flexibility index (Phi) is 4.46. The van der Waals surface area contributed by atoms with Gasteiger partial charge < -0.3 is 11.1 Å². The number of amides is 1. The minimum atomic E-state index is 0.00958. The van der Waals surface area contributed by atoms with Crippen LogP contribution < -0.4 is 11.1 Å². The number of nitrogens with one attached hydrogen (secondary N) is 1. The molecule has 0 atom stereocenters. The van der Waals surface area contributed by atoms with Gasteiger partial charge in [-0.15, -0.1) is 0 Å². The van der Waals surface area contributed by atoms with Crippen LogP contribution in [0.5, 0.6) is 0 Å². The molecule has 0 bridgehead atoms. The standard InChI is InChI=1S/C16H24N2O/c1-3-12-4-6-15(7-5-12)18-16(19)13-8-11(2)9-14(17)10-13/h8-10,12,15H,3-7,17H2,1-2H3,(H,18,19). The van der Waals surface area contributed by atoms with Crippen LogP contribution in [0.1, 0.15) is 54.9 Å². The molecule has 2 rings (SSSR count). The van der Waals surface area contributed by atoms with Crippen molar-refractivity contribution >= 4 is 11.6 Å². The number of carbonyl (C=O) groups is 1. The summed E-state index contributed by atoms with van der Waals surface area (Å²) in [5.41, 5.74) is 8.14. The lowest BCUT2D eigenvalue weighted by Crippen LogP contribution is -2.37. The van der Waals surface area contributed by atoms with Gasteiger partial charge in [-0.1, -0.05) is 13.3 Å². The number of benzene rings is 1. The Morgan fingerprint density at radius 1 is 1.26 bits per heavy atom. The monoisotopic (exact) mass is 260 g/mol. The first-order valence-electron chi connectivity index (χ1n) is 7.26. The first-order valence-corrected chi connectivity index (χ1v) is 7.26. The van der Waals surface area contributed by atoms with Gasteiger partial charge in [-0.25, -0.2) is 0 Å². The quantitative estimate of drug-likeness (QED) is 0.819. The average Bonchev–Trinajstić information content (AvgIpc) is 2.38. The third-order valence-corrected chi connectivity index (χ3v) is 4.12. The van der Waals surface area contributed by atoms with Gasteiger partial charge >= 0.3 is 0 Å². The van der Waals surface area contributed by atoms with Gasteiger partial charge in [0.15, 0.2) is 0 Å². The number of aryl methyl sites for hydroxylation is 1. The Balaban J connectivity index is 1.94. The summed E-state index contributed by atoms with van der Waals surface area (Å²) in [5, 5.41) is 3.14. The summed E-state index contributed by atoms with van der Waals surface area (Å²) in [7, 11) is 0. The summed E-state index contributed by atoms with van der Waals surface area (Å²) in [4.78, 5) is 12.2. The van der Waals surface area contributed by atoms with E-state index in [1.807, 2.05) is 19.1 Å². The molecule has 1 aromatic carbocycles. The largest absolute Gasteiger partial charge is 0.399 e. The van der Waals surface area contributed by atoms with Crippen molar-refractivity contribution in [3.05, 3.63) is 29.3 Å². The normalized spacial score (nSPS) is 23.1. The number of nitrogens with two attached hydrogens (primary N) is 1. The molecule has 0 radical (unpaired) electrons. The summed E-state index contributed by atoms with van der Waals surface area (Å²) >= 11 is 0. The van der Waals surface area contributed by atoms with Crippen LogP contribution in [0.2, 0.25) is 0 Å². The van der Waals surface area contributed by atoms with Crippen LogP contribution in [0, 0.1) is 12.8 Å². The van der Waals surface area contributed by atoms with E-state index in [0.29, 0.717) is 17.3 Å². The lowest BCUT2D eigenvalue weighted by atomic mass is 9.84. The predicted molar refractivity (Wildman–Crippen MR) is 79.1 cm³/mol. The molecule has 1 saturated carbocycles. The number of hydrogen-bond donors (Lipinski definition) is 2. The highest BCUT2D eigenvalue weighted by molar-refractivity contribution is 5.95. The third kappa shape index (κ3) is 3.72. The molecule has 19 heavy (non-hydrogen) atoms. The summed E-state index contributed by atoms with van der Waals surface area (Å²) < 4.78 is 0. The van der Waals surface area contributed by atoms with Crippen LogP contribution in [0.3, 0.4) is 0 Å². The molecule has 1 amide bonds. The van der Waals surface area contributed by atoms with E-state index in [-0.39, 0.29) is 5.91 Å². The number of hydrogen-bond acceptors (Lipinski definition) is 2. The summed E-state index contributed by atoms with van der Waals surface area (Å²) in [6, 6.07) is 5.85. The molecule has 0 spiro atoms. The zero-order valence-corrected chi connectivity index (χ0v) is 11.9. The van der Waals surface area contributed by atoms with Crippen molar-refractivity contribution in [2.75, 3.05) is 5.73 Å². The maximum absolute atomic E-state index is 12.2. The van der Waals surface area contributed by atoms with Crippen molar-refractivity contribution < 1.29 is 4.79 Å². The van der Waals surface area contributed by atoms with Gasteiger partial charge in [-0.3, -0.25) is 4.79 Å². The predicted octanol–water partition coefficient (Wildman–Crippen LogP) is 3.28. The molecule has 1 aliphatic carbocycles. The van der Waals surface area contributed by atoms with Gasteiger partial charge in [-0.05, 0) is 62.3 Å². The van der Waals surface area contributed by atoms with Gasteiger partial charge in [0, 0.05) is 17.3 Å². The van der Waals surface area contributed by atoms with Crippen LogP contribution >= 0.6 is 0 Å². The average molecular weight is 260 g/mol. The van der Waals surface area contributed by atoms with E-state index in [1.165, 1.54) is 19.3 Å². The molecule has 3 heteroatoms. The number of nitrogen functional groups attached to an aromatic ring is 1. The van der Waals surface area contributed by atoms with Gasteiger partial charge in [0.05, 0.1) is 0 Å². The molecule has 0 saturated heterocycles. The van der Waals surface area contributed by atoms with Crippen molar-refractivity contribution in [1.29, 1.82) is 0 Å². The van der Waals surface area contributed by atoms with E-state index < -0.39 is 0 Å². The van der Waals surface area contributed by atoms with Crippen LogP contribution in [0.4, 0.5) is 5.69 Å². The van der Waals surface area contributed by atoms with Crippen molar-refractivity contribution in [3.8, 4) is 0 Å². The lowest BCUT2D eigenvalue weighted by molar-refractivity contribution is 0.0921. The molecule has 0 unspecified atom stereocenters. The fourth-order valence-electron chi connectivity index (χ4n) is 2.93. The van der Waals surface area contributed by atoms with Crippen molar-refractivity contribution in [2.45, 2.75) is 52.0 Å². The van der Waals surface area contributed by atoms with Crippen LogP contribution in [-0.2, 0) is 0 Å². The Bertz CT molecular complexity index is 428. The molecule has 104 valence electrons. The van der Waals surface area contributed by atoms with Crippen LogP contribution in [0.25, 0.3) is 0 Å². The zero-order valence-electron chi connectivity index (χ0n) is 11.9. The molecular weight excluding hydrogens is 236 g/mol. The second kappa shape index (κ2) is 6.09. The second-order valence-electron chi connectivity index (χ2n) is 5.73. The van der Waals surface area contributed by atoms with E-state index in [4.69, 9.17) is 5.73 Å². The summed E-state index contributed by atoms with van der Waals surface area (Å²) in [5.74, 6) is 0.859. The smallest absolute Gasteiger partial charge is 0.251 e. The fraction of sp³-hybridized carbons (Fsp3) is 0.562. The Labute approximate surface area is 115 Å². The van der Waals surface area contributed by atoms with Crippen molar-refractivity contribution in [2.24, 2.45) is 5.92 Å². The zero-order chi connectivity index (χ0) is 13.8. The van der Waals surface area contributed by atoms with E-state index in [2.05, 4.69) is 12.2 Å². The Morgan fingerprint density at radius 2 is 1.95 bits per heavy atom. The highest BCUT2D eigenvalue weighted by Crippen LogP contribution is 2.26. The Hall–Kier alpha value is -1.51. The molecule has 1 fully saturated rings. The first-order chi connectivity index (χ1) is 9.08. The highest BCUT2D eigenvalue weighted by atomic mass is 16.1. The van der Waals surface area contributed by atoms with Gasteiger partial charge in [0.25, 0.3) is 5.91 Å². The molecule has 1 aliphatic rings. The van der Waals surface area contributed by atoms with E-state index in [1.54, 1.807) is 6.07 Å². The number of anilines is 1. The fourth-order valence-corrected chi connectivity index (χ4v) is 2.93. The van der Waals surface area contributed by atoms with E-state index in [9.17, 15) is 4.79 Å². The number of carbonyl (C=O) groups excluding carboxylic acids is 1. The molecular formula is C16H24N2O. The summed E-state index contributed by atoms with van der Waals surface area (Å²) in [6.45, 7) is 4.21. The number of rotatable bonds is 3. The second-order valence-corrected chi connectivity index (χ2v) is 5.73. The van der Waals surface area contributed by atoms with Gasteiger partial charge in [-0.2, -0.15) is 0 Å². The minimum absolute atomic E-state index is 0.00958. The maximum Gasteiger partial charge on any atom is 0.251 e. The molecule has 0 aromatic heterocycles. The molecule has 3 N–H and O–H groups in total. The van der Waals surface area contributed by atoms with Gasteiger partial charge in [0.1, 0.15) is 0 Å². The highest BCUT2D eigenvalue weighted by Gasteiger charge is 2.21. The molecule has 1 aromatic rings. The third-order valence-electron chi connectivity index (χ3n) is 4.12. The first kappa shape index (κ1) is 13.9. The minimum Gasteiger partial charge on any atom is -0.399 e.